The largest absolute Gasteiger partial charge is 0.493 e. The smallest absolute Gasteiger partial charge is 0.325 e. The molecule has 0 spiro atoms. The predicted molar refractivity (Wildman–Crippen MR) is 73.5 cm³/mol. The van der Waals surface area contributed by atoms with Gasteiger partial charge in [0, 0.05) is 19.4 Å². The fraction of sp³-hybridized carbons (Fsp3) is 0.692. The zero-order valence-corrected chi connectivity index (χ0v) is 12.0. The molecule has 20 heavy (non-hydrogen) atoms. The maximum absolute atomic E-state index is 10.9. The highest BCUT2D eigenvalue weighted by Gasteiger charge is 2.38. The summed E-state index contributed by atoms with van der Waals surface area (Å²) in [5.74, 6) is -0.571. The first-order valence-corrected chi connectivity index (χ1v) is 6.50. The van der Waals surface area contributed by atoms with Crippen LogP contribution in [-0.2, 0) is 9.53 Å². The van der Waals surface area contributed by atoms with E-state index in [2.05, 4.69) is 10.3 Å². The Morgan fingerprint density at radius 3 is 2.65 bits per heavy atom. The van der Waals surface area contributed by atoms with Crippen molar-refractivity contribution in [1.82, 2.24) is 5.32 Å². The number of carboxylic acids is 1. The molecule has 1 rings (SSSR count). The van der Waals surface area contributed by atoms with Gasteiger partial charge in [0.15, 0.2) is 5.76 Å². The van der Waals surface area contributed by atoms with Crippen molar-refractivity contribution >= 4 is 11.7 Å². The van der Waals surface area contributed by atoms with Gasteiger partial charge in [-0.15, -0.1) is 0 Å². The van der Waals surface area contributed by atoms with E-state index in [4.69, 9.17) is 9.84 Å². The van der Waals surface area contributed by atoms with Crippen molar-refractivity contribution in [2.75, 3.05) is 20.3 Å². The number of rotatable bonds is 6. The van der Waals surface area contributed by atoms with Crippen molar-refractivity contribution in [3.63, 3.8) is 0 Å². The minimum absolute atomic E-state index is 0.0903. The quantitative estimate of drug-likeness (QED) is 0.542. The summed E-state index contributed by atoms with van der Waals surface area (Å²) in [5, 5.41) is 31.4. The lowest BCUT2D eigenvalue weighted by Gasteiger charge is -2.34. The summed E-state index contributed by atoms with van der Waals surface area (Å²) in [6.07, 6.45) is 0.264. The molecule has 2 atom stereocenters. The van der Waals surface area contributed by atoms with Gasteiger partial charge in [-0.3, -0.25) is 9.79 Å². The summed E-state index contributed by atoms with van der Waals surface area (Å²) in [6, 6.07) is -0.834. The molecule has 0 fully saturated rings. The van der Waals surface area contributed by atoms with E-state index < -0.39 is 24.2 Å². The molecule has 0 amide bonds. The average Bonchev–Trinajstić information content (AvgIpc) is 2.39. The van der Waals surface area contributed by atoms with Crippen LogP contribution in [-0.4, -0.2) is 58.9 Å². The number of aliphatic hydroxyl groups excluding tert-OH is 1. The molecule has 7 heteroatoms. The second-order valence-electron chi connectivity index (χ2n) is 4.87. The molecule has 1 aliphatic carbocycles. The number of carbonyl (C=O) groups is 1. The first kappa shape index (κ1) is 16.5. The van der Waals surface area contributed by atoms with E-state index in [9.17, 15) is 15.0 Å². The van der Waals surface area contributed by atoms with Gasteiger partial charge in [0.2, 0.25) is 0 Å². The third-order valence-corrected chi connectivity index (χ3v) is 3.15. The molecular formula is C13H22N2O5. The molecule has 0 radical (unpaired) electrons. The van der Waals surface area contributed by atoms with Crippen molar-refractivity contribution in [2.24, 2.45) is 4.99 Å². The number of aliphatic carboxylic acids is 1. The number of aliphatic hydroxyl groups is 2. The zero-order chi connectivity index (χ0) is 15.3. The van der Waals surface area contributed by atoms with Crippen LogP contribution in [0.5, 0.6) is 0 Å². The minimum Gasteiger partial charge on any atom is -0.493 e. The Morgan fingerprint density at radius 2 is 2.20 bits per heavy atom. The van der Waals surface area contributed by atoms with Crippen molar-refractivity contribution in [3.8, 4) is 0 Å². The number of allylic oxidation sites excluding steroid dienone is 1. The molecule has 0 aromatic carbocycles. The number of methoxy groups -OCH3 is 1. The lowest BCUT2D eigenvalue weighted by atomic mass is 9.85. The first-order chi connectivity index (χ1) is 9.36. The van der Waals surface area contributed by atoms with E-state index in [1.54, 1.807) is 0 Å². The molecule has 0 aromatic rings. The standard InChI is InChI=1S/C13H22N2O5/c1-4-14-9-5-13(19,7-16)6-10(11(9)20-3)15-8(2)12(17)18/h8,15-16,19H,4-7H2,1-3H3,(H,17,18). The second-order valence-corrected chi connectivity index (χ2v) is 4.87. The van der Waals surface area contributed by atoms with Gasteiger partial charge in [-0.25, -0.2) is 0 Å². The third-order valence-electron chi connectivity index (χ3n) is 3.15. The Labute approximate surface area is 118 Å². The van der Waals surface area contributed by atoms with Gasteiger partial charge in [-0.05, 0) is 13.8 Å². The average molecular weight is 286 g/mol. The lowest BCUT2D eigenvalue weighted by Crippen LogP contribution is -2.45. The molecule has 0 saturated heterocycles. The van der Waals surface area contributed by atoms with Gasteiger partial charge >= 0.3 is 5.97 Å². The molecule has 0 heterocycles. The third kappa shape index (κ3) is 3.71. The van der Waals surface area contributed by atoms with E-state index in [1.165, 1.54) is 14.0 Å². The zero-order valence-electron chi connectivity index (χ0n) is 12.0. The lowest BCUT2D eigenvalue weighted by molar-refractivity contribution is -0.138. The second kappa shape index (κ2) is 6.71. The summed E-state index contributed by atoms with van der Waals surface area (Å²) in [5.41, 5.74) is -0.383. The van der Waals surface area contributed by atoms with Crippen LogP contribution in [0.15, 0.2) is 16.4 Å². The molecule has 1 aliphatic rings. The normalized spacial score (nSPS) is 26.6. The van der Waals surface area contributed by atoms with Crippen LogP contribution < -0.4 is 5.32 Å². The Morgan fingerprint density at radius 1 is 1.55 bits per heavy atom. The summed E-state index contributed by atoms with van der Waals surface area (Å²) in [7, 11) is 1.47. The monoisotopic (exact) mass is 286 g/mol. The molecule has 4 N–H and O–H groups in total. The maximum Gasteiger partial charge on any atom is 0.325 e. The Kier molecular flexibility index (Phi) is 5.52. The van der Waals surface area contributed by atoms with E-state index in [1.807, 2.05) is 6.92 Å². The highest BCUT2D eigenvalue weighted by Crippen LogP contribution is 2.30. The number of hydrogen-bond donors (Lipinski definition) is 4. The number of nitrogens with zero attached hydrogens (tertiary/aromatic N) is 1. The van der Waals surface area contributed by atoms with E-state index >= 15 is 0 Å². The summed E-state index contributed by atoms with van der Waals surface area (Å²) >= 11 is 0. The number of nitrogens with one attached hydrogen (secondary N) is 1. The number of carboxylic acid groups (broad SMARTS) is 1. The fourth-order valence-corrected chi connectivity index (χ4v) is 2.15. The Bertz CT molecular complexity index is 432. The SMILES string of the molecule is CCN=C1CC(O)(CO)CC(NC(C)C(=O)O)=C1OC. The van der Waals surface area contributed by atoms with Gasteiger partial charge in [-0.2, -0.15) is 0 Å². The highest BCUT2D eigenvalue weighted by molar-refractivity contribution is 6.00. The van der Waals surface area contributed by atoms with Crippen molar-refractivity contribution in [2.45, 2.75) is 38.3 Å². The van der Waals surface area contributed by atoms with Gasteiger partial charge < -0.3 is 25.4 Å². The Balaban J connectivity index is 3.16. The first-order valence-electron chi connectivity index (χ1n) is 6.50. The summed E-state index contributed by atoms with van der Waals surface area (Å²) < 4.78 is 5.29. The topological polar surface area (TPSA) is 111 Å². The van der Waals surface area contributed by atoms with Gasteiger partial charge in [0.05, 0.1) is 30.7 Å². The summed E-state index contributed by atoms with van der Waals surface area (Å²) in [6.45, 7) is 3.41. The number of aliphatic imine (C=N–C) groups is 1. The van der Waals surface area contributed by atoms with E-state index in [0.29, 0.717) is 23.7 Å². The van der Waals surface area contributed by atoms with Gasteiger partial charge in [-0.1, -0.05) is 0 Å². The molecular weight excluding hydrogens is 264 g/mol. The molecule has 0 aliphatic heterocycles. The fourth-order valence-electron chi connectivity index (χ4n) is 2.15. The van der Waals surface area contributed by atoms with E-state index in [0.717, 1.165) is 0 Å². The van der Waals surface area contributed by atoms with Crippen LogP contribution in [0.1, 0.15) is 26.7 Å². The number of hydrogen-bond acceptors (Lipinski definition) is 6. The van der Waals surface area contributed by atoms with Crippen LogP contribution in [0.25, 0.3) is 0 Å². The van der Waals surface area contributed by atoms with Crippen LogP contribution in [0, 0.1) is 0 Å². The maximum atomic E-state index is 10.9. The number of ether oxygens (including phenoxy) is 1. The van der Waals surface area contributed by atoms with E-state index in [-0.39, 0.29) is 12.8 Å². The molecule has 0 aromatic heterocycles. The van der Waals surface area contributed by atoms with Gasteiger partial charge in [0.1, 0.15) is 6.04 Å². The van der Waals surface area contributed by atoms with Crippen molar-refractivity contribution in [3.05, 3.63) is 11.5 Å². The molecule has 0 saturated carbocycles. The van der Waals surface area contributed by atoms with Crippen molar-refractivity contribution in [1.29, 1.82) is 0 Å². The summed E-state index contributed by atoms with van der Waals surface area (Å²) in [4.78, 5) is 15.2. The molecule has 114 valence electrons. The van der Waals surface area contributed by atoms with Crippen LogP contribution in [0.4, 0.5) is 0 Å². The van der Waals surface area contributed by atoms with Crippen LogP contribution in [0.2, 0.25) is 0 Å². The molecule has 2 unspecified atom stereocenters. The molecule has 7 nitrogen and oxygen atoms in total. The molecule has 0 bridgehead atoms. The Hall–Kier alpha value is -1.60. The van der Waals surface area contributed by atoms with Crippen LogP contribution >= 0.6 is 0 Å². The highest BCUT2D eigenvalue weighted by atomic mass is 16.5. The minimum atomic E-state index is -1.35. The van der Waals surface area contributed by atoms with Crippen LogP contribution in [0.3, 0.4) is 0 Å². The predicted octanol–water partition coefficient (Wildman–Crippen LogP) is -0.115. The van der Waals surface area contributed by atoms with Crippen molar-refractivity contribution < 1.29 is 24.9 Å². The van der Waals surface area contributed by atoms with Gasteiger partial charge in [0.25, 0.3) is 0 Å².